The van der Waals surface area contributed by atoms with Gasteiger partial charge in [-0.3, -0.25) is 0 Å². The Balaban J connectivity index is 1.83. The first-order valence-electron chi connectivity index (χ1n) is 7.56. The summed E-state index contributed by atoms with van der Waals surface area (Å²) in [6, 6.07) is 15.6. The van der Waals surface area contributed by atoms with E-state index in [1.807, 2.05) is 42.5 Å². The molecule has 3 aromatic rings. The molecule has 4 heteroatoms. The molecule has 0 radical (unpaired) electrons. The average Bonchev–Trinajstić information content (AvgIpc) is 3.08. The maximum atomic E-state index is 11.7. The summed E-state index contributed by atoms with van der Waals surface area (Å²) in [6.07, 6.45) is 0. The van der Waals surface area contributed by atoms with Gasteiger partial charge in [-0.05, 0) is 54.1 Å². The van der Waals surface area contributed by atoms with Crippen molar-refractivity contribution in [3.63, 3.8) is 0 Å². The minimum absolute atomic E-state index is 0.296. The first-order valence-corrected chi connectivity index (χ1v) is 8.38. The van der Waals surface area contributed by atoms with Crippen LogP contribution in [0, 0.1) is 11.8 Å². The van der Waals surface area contributed by atoms with Gasteiger partial charge in [0.1, 0.15) is 10.6 Å². The standard InChI is InChI=1S/C20H16O3S/c1-3-23-20(21)19-11-10-18(24-19)9-5-14-4-6-16-13-17(22-2)8-7-15(16)12-14/h4,6-8,10-13H,3H2,1-2H3. The van der Waals surface area contributed by atoms with E-state index in [0.29, 0.717) is 11.5 Å². The van der Waals surface area contributed by atoms with E-state index in [4.69, 9.17) is 9.47 Å². The van der Waals surface area contributed by atoms with E-state index < -0.39 is 0 Å². The molecule has 0 aliphatic carbocycles. The number of hydrogen-bond donors (Lipinski definition) is 0. The lowest BCUT2D eigenvalue weighted by Gasteiger charge is -2.02. The summed E-state index contributed by atoms with van der Waals surface area (Å²) in [5, 5.41) is 2.22. The van der Waals surface area contributed by atoms with Crippen LogP contribution in [0.3, 0.4) is 0 Å². The van der Waals surface area contributed by atoms with E-state index in [2.05, 4.69) is 11.8 Å². The SMILES string of the molecule is CCOC(=O)c1ccc(C#Cc2ccc3cc(OC)ccc3c2)s1. The Morgan fingerprint density at radius 3 is 2.62 bits per heavy atom. The smallest absolute Gasteiger partial charge is 0.348 e. The fraction of sp³-hybridized carbons (Fsp3) is 0.150. The van der Waals surface area contributed by atoms with Gasteiger partial charge < -0.3 is 9.47 Å². The minimum atomic E-state index is -0.296. The number of thiophene rings is 1. The number of rotatable bonds is 3. The van der Waals surface area contributed by atoms with Gasteiger partial charge in [-0.25, -0.2) is 4.79 Å². The Morgan fingerprint density at radius 1 is 1.04 bits per heavy atom. The number of carbonyl (C=O) groups excluding carboxylic acids is 1. The number of esters is 1. The Hall–Kier alpha value is -2.77. The van der Waals surface area contributed by atoms with E-state index in [1.165, 1.54) is 11.3 Å². The van der Waals surface area contributed by atoms with Gasteiger partial charge in [0.25, 0.3) is 0 Å². The molecule has 0 bridgehead atoms. The van der Waals surface area contributed by atoms with Crippen LogP contribution in [0.15, 0.2) is 48.5 Å². The Labute approximate surface area is 144 Å². The van der Waals surface area contributed by atoms with Gasteiger partial charge in [0, 0.05) is 5.56 Å². The van der Waals surface area contributed by atoms with Gasteiger partial charge in [-0.1, -0.05) is 24.0 Å². The lowest BCUT2D eigenvalue weighted by molar-refractivity contribution is 0.0532. The highest BCUT2D eigenvalue weighted by atomic mass is 32.1. The number of benzene rings is 2. The minimum Gasteiger partial charge on any atom is -0.497 e. The molecule has 0 atom stereocenters. The Morgan fingerprint density at radius 2 is 1.83 bits per heavy atom. The molecule has 120 valence electrons. The van der Waals surface area contributed by atoms with Gasteiger partial charge in [0.15, 0.2) is 0 Å². The Bertz CT molecular complexity index is 944. The van der Waals surface area contributed by atoms with Crippen LogP contribution in [0.1, 0.15) is 27.0 Å². The predicted molar refractivity (Wildman–Crippen MR) is 96.8 cm³/mol. The molecular weight excluding hydrogens is 320 g/mol. The molecule has 2 aromatic carbocycles. The van der Waals surface area contributed by atoms with E-state index in [9.17, 15) is 4.79 Å². The van der Waals surface area contributed by atoms with Crippen molar-refractivity contribution >= 4 is 28.1 Å². The van der Waals surface area contributed by atoms with E-state index in [-0.39, 0.29) is 5.97 Å². The van der Waals surface area contributed by atoms with Crippen molar-refractivity contribution in [1.29, 1.82) is 0 Å². The predicted octanol–water partition coefficient (Wildman–Crippen LogP) is 4.49. The number of carbonyl (C=O) groups is 1. The maximum Gasteiger partial charge on any atom is 0.348 e. The zero-order chi connectivity index (χ0) is 16.9. The van der Waals surface area contributed by atoms with Crippen molar-refractivity contribution < 1.29 is 14.3 Å². The molecule has 1 aromatic heterocycles. The fourth-order valence-corrected chi connectivity index (χ4v) is 3.03. The number of fused-ring (bicyclic) bond motifs is 1. The van der Waals surface area contributed by atoms with Crippen molar-refractivity contribution in [3.05, 3.63) is 63.8 Å². The van der Waals surface area contributed by atoms with Crippen LogP contribution in [-0.2, 0) is 4.74 Å². The monoisotopic (exact) mass is 336 g/mol. The number of ether oxygens (including phenoxy) is 2. The van der Waals surface area contributed by atoms with Crippen LogP contribution in [0.2, 0.25) is 0 Å². The summed E-state index contributed by atoms with van der Waals surface area (Å²) in [7, 11) is 1.66. The van der Waals surface area contributed by atoms with Gasteiger partial charge in [0.05, 0.1) is 18.6 Å². The number of hydrogen-bond acceptors (Lipinski definition) is 4. The molecule has 3 rings (SSSR count). The van der Waals surface area contributed by atoms with Crippen LogP contribution in [0.25, 0.3) is 10.8 Å². The molecule has 24 heavy (non-hydrogen) atoms. The van der Waals surface area contributed by atoms with Crippen molar-refractivity contribution in [3.8, 4) is 17.6 Å². The molecule has 0 amide bonds. The second kappa shape index (κ2) is 7.20. The largest absolute Gasteiger partial charge is 0.497 e. The summed E-state index contributed by atoms with van der Waals surface area (Å²) in [6.45, 7) is 2.17. The molecule has 0 N–H and O–H groups in total. The normalized spacial score (nSPS) is 10.1. The molecule has 0 saturated heterocycles. The van der Waals surface area contributed by atoms with Crippen molar-refractivity contribution in [2.24, 2.45) is 0 Å². The highest BCUT2D eigenvalue weighted by molar-refractivity contribution is 7.14. The Kier molecular flexibility index (Phi) is 4.83. The molecular formula is C20H16O3S. The zero-order valence-corrected chi connectivity index (χ0v) is 14.3. The van der Waals surface area contributed by atoms with Gasteiger partial charge in [0.2, 0.25) is 0 Å². The quantitative estimate of drug-likeness (QED) is 0.522. The first-order chi connectivity index (χ1) is 11.7. The number of methoxy groups -OCH3 is 1. The molecule has 1 heterocycles. The summed E-state index contributed by atoms with van der Waals surface area (Å²) in [5.74, 6) is 6.79. The lowest BCUT2D eigenvalue weighted by atomic mass is 10.1. The zero-order valence-electron chi connectivity index (χ0n) is 13.5. The second-order valence-corrected chi connectivity index (χ2v) is 6.15. The van der Waals surface area contributed by atoms with Gasteiger partial charge >= 0.3 is 5.97 Å². The highest BCUT2D eigenvalue weighted by Crippen LogP contribution is 2.22. The van der Waals surface area contributed by atoms with Gasteiger partial charge in [-0.15, -0.1) is 11.3 Å². The van der Waals surface area contributed by atoms with Crippen LogP contribution in [-0.4, -0.2) is 19.7 Å². The van der Waals surface area contributed by atoms with E-state index >= 15 is 0 Å². The molecule has 0 aliphatic rings. The van der Waals surface area contributed by atoms with Crippen molar-refractivity contribution in [2.45, 2.75) is 6.92 Å². The van der Waals surface area contributed by atoms with Crippen LogP contribution in [0.5, 0.6) is 5.75 Å². The maximum absolute atomic E-state index is 11.7. The molecule has 0 saturated carbocycles. The van der Waals surface area contributed by atoms with Crippen molar-refractivity contribution in [1.82, 2.24) is 0 Å². The third kappa shape index (κ3) is 3.58. The molecule has 3 nitrogen and oxygen atoms in total. The fourth-order valence-electron chi connectivity index (χ4n) is 2.28. The molecule has 0 aliphatic heterocycles. The topological polar surface area (TPSA) is 35.5 Å². The second-order valence-electron chi connectivity index (χ2n) is 5.06. The molecule has 0 unspecified atom stereocenters. The highest BCUT2D eigenvalue weighted by Gasteiger charge is 2.08. The van der Waals surface area contributed by atoms with E-state index in [1.54, 1.807) is 20.1 Å². The third-order valence-corrected chi connectivity index (χ3v) is 4.44. The van der Waals surface area contributed by atoms with Crippen LogP contribution in [0.4, 0.5) is 0 Å². The average molecular weight is 336 g/mol. The van der Waals surface area contributed by atoms with E-state index in [0.717, 1.165) is 27.0 Å². The summed E-state index contributed by atoms with van der Waals surface area (Å²) in [4.78, 5) is 13.1. The molecule has 0 spiro atoms. The molecule has 0 fully saturated rings. The van der Waals surface area contributed by atoms with Gasteiger partial charge in [-0.2, -0.15) is 0 Å². The lowest BCUT2D eigenvalue weighted by Crippen LogP contribution is -2.01. The van der Waals surface area contributed by atoms with Crippen LogP contribution < -0.4 is 4.74 Å². The first kappa shape index (κ1) is 16.1. The third-order valence-electron chi connectivity index (χ3n) is 3.46. The van der Waals surface area contributed by atoms with Crippen LogP contribution >= 0.6 is 11.3 Å². The summed E-state index contributed by atoms with van der Waals surface area (Å²) >= 11 is 1.34. The van der Waals surface area contributed by atoms with Crippen molar-refractivity contribution in [2.75, 3.05) is 13.7 Å². The summed E-state index contributed by atoms with van der Waals surface area (Å²) in [5.41, 5.74) is 0.929. The summed E-state index contributed by atoms with van der Waals surface area (Å²) < 4.78 is 10.2.